The fourth-order valence-corrected chi connectivity index (χ4v) is 2.46. The van der Waals surface area contributed by atoms with Gasteiger partial charge in [0.15, 0.2) is 0 Å². The lowest BCUT2D eigenvalue weighted by atomic mass is 10.1. The Bertz CT molecular complexity index is 507. The maximum atomic E-state index is 12.1. The Morgan fingerprint density at radius 3 is 2.85 bits per heavy atom. The molecule has 0 saturated carbocycles. The summed E-state index contributed by atoms with van der Waals surface area (Å²) in [6, 6.07) is 4.65. The number of nitro groups is 1. The zero-order chi connectivity index (χ0) is 13.8. The van der Waals surface area contributed by atoms with Gasteiger partial charge in [-0.25, -0.2) is 0 Å². The highest BCUT2D eigenvalue weighted by Crippen LogP contribution is 2.24. The number of carbonyl (C=O) groups is 1. The second-order valence-corrected chi connectivity index (χ2v) is 5.18. The highest BCUT2D eigenvalue weighted by molar-refractivity contribution is 7.98. The van der Waals surface area contributed by atoms with Crippen LogP contribution in [0.3, 0.4) is 0 Å². The van der Waals surface area contributed by atoms with E-state index >= 15 is 0 Å². The Kier molecular flexibility index (Phi) is 6.25. The minimum Gasteiger partial charge on any atom is -0.348 e. The van der Waals surface area contributed by atoms with Crippen LogP contribution in [-0.2, 0) is 0 Å². The molecule has 1 heterocycles. The van der Waals surface area contributed by atoms with Gasteiger partial charge in [-0.2, -0.15) is 0 Å². The van der Waals surface area contributed by atoms with Gasteiger partial charge in [-0.3, -0.25) is 14.9 Å². The standard InChI is InChI=1S/C12H15N3O3S.ClH/c1-19-9-2-3-11(15(17)18)10(6-9)12(16)14-8-4-5-13-7-8;/h2-3,6,8,13H,4-5,7H2,1H3,(H,14,16);1H. The van der Waals surface area contributed by atoms with Gasteiger partial charge >= 0.3 is 0 Å². The molecule has 0 radical (unpaired) electrons. The van der Waals surface area contributed by atoms with E-state index in [-0.39, 0.29) is 35.6 Å². The third kappa shape index (κ3) is 3.84. The number of nitro benzene ring substituents is 1. The molecule has 0 aliphatic carbocycles. The van der Waals surface area contributed by atoms with Gasteiger partial charge in [0.05, 0.1) is 4.92 Å². The number of hydrogen-bond acceptors (Lipinski definition) is 5. The van der Waals surface area contributed by atoms with E-state index in [0.29, 0.717) is 6.54 Å². The third-order valence-corrected chi connectivity index (χ3v) is 3.77. The molecular weight excluding hydrogens is 302 g/mol. The van der Waals surface area contributed by atoms with Crippen LogP contribution in [0.15, 0.2) is 23.1 Å². The molecule has 1 amide bonds. The summed E-state index contributed by atoms with van der Waals surface area (Å²) in [5, 5.41) is 16.9. The van der Waals surface area contributed by atoms with E-state index in [9.17, 15) is 14.9 Å². The number of halogens is 1. The average molecular weight is 318 g/mol. The Morgan fingerprint density at radius 1 is 1.55 bits per heavy atom. The van der Waals surface area contributed by atoms with Crippen LogP contribution in [0.2, 0.25) is 0 Å². The zero-order valence-electron chi connectivity index (χ0n) is 10.9. The molecule has 1 fully saturated rings. The minimum atomic E-state index is -0.522. The van der Waals surface area contributed by atoms with Crippen LogP contribution in [0.5, 0.6) is 0 Å². The van der Waals surface area contributed by atoms with Crippen molar-refractivity contribution in [2.24, 2.45) is 0 Å². The Labute approximate surface area is 127 Å². The molecule has 0 spiro atoms. The summed E-state index contributed by atoms with van der Waals surface area (Å²) in [5.74, 6) is -0.378. The van der Waals surface area contributed by atoms with Crippen LogP contribution in [0, 0.1) is 10.1 Å². The van der Waals surface area contributed by atoms with Crippen molar-refractivity contribution in [3.63, 3.8) is 0 Å². The highest BCUT2D eigenvalue weighted by Gasteiger charge is 2.24. The zero-order valence-corrected chi connectivity index (χ0v) is 12.6. The first-order valence-corrected chi connectivity index (χ1v) is 7.18. The summed E-state index contributed by atoms with van der Waals surface area (Å²) in [7, 11) is 0. The van der Waals surface area contributed by atoms with Crippen LogP contribution in [0.25, 0.3) is 0 Å². The van der Waals surface area contributed by atoms with Crippen molar-refractivity contribution in [3.8, 4) is 0 Å². The number of nitrogens with zero attached hydrogens (tertiary/aromatic N) is 1. The van der Waals surface area contributed by atoms with Crippen molar-refractivity contribution in [2.75, 3.05) is 19.3 Å². The molecular formula is C12H16ClN3O3S. The van der Waals surface area contributed by atoms with Gasteiger partial charge in [0, 0.05) is 23.5 Å². The van der Waals surface area contributed by atoms with Crippen molar-refractivity contribution in [2.45, 2.75) is 17.4 Å². The summed E-state index contributed by atoms with van der Waals surface area (Å²) in [6.07, 6.45) is 2.71. The molecule has 1 aliphatic rings. The maximum absolute atomic E-state index is 12.1. The van der Waals surface area contributed by atoms with E-state index in [1.54, 1.807) is 12.1 Å². The second-order valence-electron chi connectivity index (χ2n) is 4.30. The van der Waals surface area contributed by atoms with Crippen molar-refractivity contribution < 1.29 is 9.72 Å². The summed E-state index contributed by atoms with van der Waals surface area (Å²) in [5.41, 5.74) is -0.0231. The molecule has 0 bridgehead atoms. The number of thioether (sulfide) groups is 1. The topological polar surface area (TPSA) is 84.3 Å². The van der Waals surface area contributed by atoms with Crippen LogP contribution in [-0.4, -0.2) is 36.2 Å². The van der Waals surface area contributed by atoms with Crippen molar-refractivity contribution in [1.82, 2.24) is 10.6 Å². The Balaban J connectivity index is 0.00000200. The first-order valence-electron chi connectivity index (χ1n) is 5.96. The number of nitrogens with one attached hydrogen (secondary N) is 2. The average Bonchev–Trinajstić information content (AvgIpc) is 2.90. The van der Waals surface area contributed by atoms with Gasteiger partial charge in [0.2, 0.25) is 0 Å². The molecule has 1 unspecified atom stereocenters. The number of benzene rings is 1. The van der Waals surface area contributed by atoms with Crippen molar-refractivity contribution >= 4 is 35.8 Å². The predicted octanol–water partition coefficient (Wildman–Crippen LogP) is 1.83. The summed E-state index contributed by atoms with van der Waals surface area (Å²) in [6.45, 7) is 1.57. The molecule has 2 N–H and O–H groups in total. The molecule has 6 nitrogen and oxygen atoms in total. The highest BCUT2D eigenvalue weighted by atomic mass is 35.5. The molecule has 0 aromatic heterocycles. The van der Waals surface area contributed by atoms with Crippen LogP contribution >= 0.6 is 24.2 Å². The molecule has 20 heavy (non-hydrogen) atoms. The molecule has 1 atom stereocenters. The first kappa shape index (κ1) is 16.7. The maximum Gasteiger partial charge on any atom is 0.282 e. The lowest BCUT2D eigenvalue weighted by Gasteiger charge is -2.11. The summed E-state index contributed by atoms with van der Waals surface area (Å²) >= 11 is 1.45. The van der Waals surface area contributed by atoms with E-state index < -0.39 is 4.92 Å². The van der Waals surface area contributed by atoms with E-state index in [1.165, 1.54) is 17.8 Å². The normalized spacial score (nSPS) is 17.4. The van der Waals surface area contributed by atoms with Crippen molar-refractivity contribution in [1.29, 1.82) is 0 Å². The second kappa shape index (κ2) is 7.47. The number of amides is 1. The molecule has 1 aromatic carbocycles. The fourth-order valence-electron chi connectivity index (χ4n) is 2.02. The molecule has 2 rings (SSSR count). The van der Waals surface area contributed by atoms with E-state index in [4.69, 9.17) is 0 Å². The van der Waals surface area contributed by atoms with Gasteiger partial charge in [-0.15, -0.1) is 24.2 Å². The molecule has 1 aliphatic heterocycles. The van der Waals surface area contributed by atoms with E-state index in [1.807, 2.05) is 6.26 Å². The summed E-state index contributed by atoms with van der Waals surface area (Å²) in [4.78, 5) is 23.4. The minimum absolute atomic E-state index is 0. The first-order chi connectivity index (χ1) is 9.11. The van der Waals surface area contributed by atoms with Crippen LogP contribution in [0.1, 0.15) is 16.8 Å². The van der Waals surface area contributed by atoms with Crippen LogP contribution in [0.4, 0.5) is 5.69 Å². The van der Waals surface area contributed by atoms with E-state index in [0.717, 1.165) is 17.9 Å². The Morgan fingerprint density at radius 2 is 2.30 bits per heavy atom. The third-order valence-electron chi connectivity index (χ3n) is 3.04. The molecule has 1 saturated heterocycles. The summed E-state index contributed by atoms with van der Waals surface area (Å²) < 4.78 is 0. The predicted molar refractivity (Wildman–Crippen MR) is 80.9 cm³/mol. The van der Waals surface area contributed by atoms with Gasteiger partial charge in [-0.05, 0) is 31.4 Å². The monoisotopic (exact) mass is 317 g/mol. The largest absolute Gasteiger partial charge is 0.348 e. The van der Waals surface area contributed by atoms with Crippen LogP contribution < -0.4 is 10.6 Å². The smallest absolute Gasteiger partial charge is 0.282 e. The van der Waals surface area contributed by atoms with E-state index in [2.05, 4.69) is 10.6 Å². The lowest BCUT2D eigenvalue weighted by molar-refractivity contribution is -0.385. The molecule has 110 valence electrons. The molecule has 1 aromatic rings. The number of carbonyl (C=O) groups excluding carboxylic acids is 1. The van der Waals surface area contributed by atoms with Gasteiger partial charge in [0.25, 0.3) is 11.6 Å². The quantitative estimate of drug-likeness (QED) is 0.503. The number of hydrogen-bond donors (Lipinski definition) is 2. The lowest BCUT2D eigenvalue weighted by Crippen LogP contribution is -2.36. The Hall–Kier alpha value is -1.31. The van der Waals surface area contributed by atoms with Gasteiger partial charge < -0.3 is 10.6 Å². The van der Waals surface area contributed by atoms with Gasteiger partial charge in [0.1, 0.15) is 5.56 Å². The SMILES string of the molecule is CSc1ccc([N+](=O)[O-])c(C(=O)NC2CCNC2)c1.Cl. The number of rotatable bonds is 4. The molecule has 8 heteroatoms. The fraction of sp³-hybridized carbons (Fsp3) is 0.417. The van der Waals surface area contributed by atoms with Crippen molar-refractivity contribution in [3.05, 3.63) is 33.9 Å². The van der Waals surface area contributed by atoms with Gasteiger partial charge in [-0.1, -0.05) is 0 Å².